The number of amides is 1. The predicted molar refractivity (Wildman–Crippen MR) is 105 cm³/mol. The molecular formula is C21H23NO5S. The van der Waals surface area contributed by atoms with Crippen LogP contribution in [-0.4, -0.2) is 24.8 Å². The molecule has 1 aromatic heterocycles. The SMILES string of the molecule is C[C@@H]1CCc2sc(C(=O)O[C@@H](C)C(=O)NCc3ccc4c(c3)OCO4)cc2C1. The number of nitrogens with one attached hydrogen (secondary N) is 1. The topological polar surface area (TPSA) is 73.9 Å². The number of aryl methyl sites for hydroxylation is 1. The van der Waals surface area contributed by atoms with Gasteiger partial charge in [0.2, 0.25) is 6.79 Å². The average Bonchev–Trinajstić information content (AvgIpc) is 3.31. The van der Waals surface area contributed by atoms with Crippen molar-refractivity contribution in [2.24, 2.45) is 5.92 Å². The Hall–Kier alpha value is -2.54. The fourth-order valence-electron chi connectivity index (χ4n) is 3.46. The lowest BCUT2D eigenvalue weighted by molar-refractivity contribution is -0.129. The van der Waals surface area contributed by atoms with Crippen molar-refractivity contribution in [3.05, 3.63) is 45.1 Å². The van der Waals surface area contributed by atoms with Gasteiger partial charge in [0, 0.05) is 11.4 Å². The Kier molecular flexibility index (Phi) is 5.26. The minimum Gasteiger partial charge on any atom is -0.454 e. The van der Waals surface area contributed by atoms with E-state index in [1.54, 1.807) is 6.92 Å². The minimum atomic E-state index is -0.862. The minimum absolute atomic E-state index is 0.212. The van der Waals surface area contributed by atoms with Gasteiger partial charge < -0.3 is 19.5 Å². The van der Waals surface area contributed by atoms with E-state index in [0.29, 0.717) is 28.8 Å². The van der Waals surface area contributed by atoms with Gasteiger partial charge in [0.05, 0.1) is 0 Å². The molecule has 4 rings (SSSR count). The highest BCUT2D eigenvalue weighted by Gasteiger charge is 2.24. The molecule has 0 spiro atoms. The molecule has 0 saturated carbocycles. The third-order valence-electron chi connectivity index (χ3n) is 5.09. The number of ether oxygens (including phenoxy) is 3. The maximum absolute atomic E-state index is 12.4. The van der Waals surface area contributed by atoms with Gasteiger partial charge in [0.15, 0.2) is 17.6 Å². The van der Waals surface area contributed by atoms with E-state index >= 15 is 0 Å². The molecule has 0 fully saturated rings. The van der Waals surface area contributed by atoms with Crippen LogP contribution in [0.15, 0.2) is 24.3 Å². The standard InChI is InChI=1S/C21H23NO5S/c1-12-3-6-18-15(7-12)9-19(28-18)21(24)27-13(2)20(23)22-10-14-4-5-16-17(8-14)26-11-25-16/h4-5,8-9,12-13H,3,6-7,10-11H2,1-2H3,(H,22,23)/t12-,13+/m1/s1. The summed E-state index contributed by atoms with van der Waals surface area (Å²) >= 11 is 1.49. The van der Waals surface area contributed by atoms with E-state index in [1.165, 1.54) is 21.8 Å². The van der Waals surface area contributed by atoms with Crippen LogP contribution in [0, 0.1) is 5.92 Å². The van der Waals surface area contributed by atoms with Crippen LogP contribution in [0.5, 0.6) is 11.5 Å². The van der Waals surface area contributed by atoms with Crippen molar-refractivity contribution >= 4 is 23.2 Å². The molecule has 1 aliphatic heterocycles. The summed E-state index contributed by atoms with van der Waals surface area (Å²) in [7, 11) is 0. The number of fused-ring (bicyclic) bond motifs is 2. The zero-order chi connectivity index (χ0) is 19.7. The Morgan fingerprint density at radius 1 is 1.29 bits per heavy atom. The molecule has 0 saturated heterocycles. The van der Waals surface area contributed by atoms with Crippen LogP contribution in [0.25, 0.3) is 0 Å². The Morgan fingerprint density at radius 3 is 2.96 bits per heavy atom. The molecule has 0 radical (unpaired) electrons. The van der Waals surface area contributed by atoms with Crippen molar-refractivity contribution in [3.63, 3.8) is 0 Å². The highest BCUT2D eigenvalue weighted by atomic mass is 32.1. The van der Waals surface area contributed by atoms with Crippen molar-refractivity contribution in [1.82, 2.24) is 5.32 Å². The van der Waals surface area contributed by atoms with Crippen LogP contribution in [0.1, 0.15) is 45.9 Å². The summed E-state index contributed by atoms with van der Waals surface area (Å²) in [6, 6.07) is 7.43. The van der Waals surface area contributed by atoms with Crippen LogP contribution in [0.4, 0.5) is 0 Å². The molecule has 7 heteroatoms. The van der Waals surface area contributed by atoms with Crippen LogP contribution in [-0.2, 0) is 28.9 Å². The molecule has 1 aliphatic carbocycles. The maximum Gasteiger partial charge on any atom is 0.349 e. The van der Waals surface area contributed by atoms with E-state index < -0.39 is 12.1 Å². The van der Waals surface area contributed by atoms with E-state index in [0.717, 1.165) is 24.8 Å². The van der Waals surface area contributed by atoms with Gasteiger partial charge in [0.1, 0.15) is 4.88 Å². The summed E-state index contributed by atoms with van der Waals surface area (Å²) in [5.41, 5.74) is 2.13. The molecule has 2 aromatic rings. The fourth-order valence-corrected chi connectivity index (χ4v) is 4.55. The van der Waals surface area contributed by atoms with Crippen molar-refractivity contribution in [2.45, 2.75) is 45.8 Å². The zero-order valence-corrected chi connectivity index (χ0v) is 16.8. The second kappa shape index (κ2) is 7.83. The first-order valence-electron chi connectivity index (χ1n) is 9.48. The smallest absolute Gasteiger partial charge is 0.349 e. The van der Waals surface area contributed by atoms with Crippen LogP contribution in [0.2, 0.25) is 0 Å². The van der Waals surface area contributed by atoms with Crippen molar-refractivity contribution in [2.75, 3.05) is 6.79 Å². The van der Waals surface area contributed by atoms with Gasteiger partial charge in [0.25, 0.3) is 5.91 Å². The van der Waals surface area contributed by atoms with Crippen molar-refractivity contribution in [3.8, 4) is 11.5 Å². The van der Waals surface area contributed by atoms with Crippen LogP contribution < -0.4 is 14.8 Å². The number of hydrogen-bond donors (Lipinski definition) is 1. The van der Waals surface area contributed by atoms with Gasteiger partial charge >= 0.3 is 5.97 Å². The quantitative estimate of drug-likeness (QED) is 0.777. The van der Waals surface area contributed by atoms with Crippen LogP contribution >= 0.6 is 11.3 Å². The Bertz CT molecular complexity index is 906. The van der Waals surface area contributed by atoms with Crippen molar-refractivity contribution < 1.29 is 23.8 Å². The molecule has 2 atom stereocenters. The highest BCUT2D eigenvalue weighted by Crippen LogP contribution is 2.33. The lowest BCUT2D eigenvalue weighted by Crippen LogP contribution is -2.35. The Balaban J connectivity index is 1.31. The molecule has 28 heavy (non-hydrogen) atoms. The molecule has 1 N–H and O–H groups in total. The number of thiophene rings is 1. The fraction of sp³-hybridized carbons (Fsp3) is 0.429. The van der Waals surface area contributed by atoms with Gasteiger partial charge in [-0.2, -0.15) is 0 Å². The van der Waals surface area contributed by atoms with E-state index in [-0.39, 0.29) is 12.7 Å². The number of benzene rings is 1. The number of esters is 1. The number of hydrogen-bond acceptors (Lipinski definition) is 6. The molecular weight excluding hydrogens is 378 g/mol. The first-order valence-corrected chi connectivity index (χ1v) is 10.3. The second-order valence-electron chi connectivity index (χ2n) is 7.36. The first kappa shape index (κ1) is 18.8. The number of rotatable bonds is 5. The summed E-state index contributed by atoms with van der Waals surface area (Å²) in [5, 5.41) is 2.79. The summed E-state index contributed by atoms with van der Waals surface area (Å²) in [6.07, 6.45) is 2.31. The zero-order valence-electron chi connectivity index (χ0n) is 15.9. The predicted octanol–water partition coefficient (Wildman–Crippen LogP) is 3.46. The molecule has 0 unspecified atom stereocenters. The molecule has 2 heterocycles. The van der Waals surface area contributed by atoms with E-state index in [4.69, 9.17) is 14.2 Å². The Labute approximate surface area is 167 Å². The van der Waals surface area contributed by atoms with Gasteiger partial charge in [-0.3, -0.25) is 4.79 Å². The highest BCUT2D eigenvalue weighted by molar-refractivity contribution is 7.14. The molecule has 6 nitrogen and oxygen atoms in total. The first-order chi connectivity index (χ1) is 13.5. The summed E-state index contributed by atoms with van der Waals surface area (Å²) in [4.78, 5) is 26.6. The van der Waals surface area contributed by atoms with E-state index in [9.17, 15) is 9.59 Å². The Morgan fingerprint density at radius 2 is 2.11 bits per heavy atom. The van der Waals surface area contributed by atoms with Gasteiger partial charge in [-0.1, -0.05) is 13.0 Å². The van der Waals surface area contributed by atoms with Crippen molar-refractivity contribution in [1.29, 1.82) is 0 Å². The number of carbonyl (C=O) groups excluding carboxylic acids is 2. The summed E-state index contributed by atoms with van der Waals surface area (Å²) in [6.45, 7) is 4.35. The summed E-state index contributed by atoms with van der Waals surface area (Å²) < 4.78 is 16.0. The van der Waals surface area contributed by atoms with Gasteiger partial charge in [-0.15, -0.1) is 11.3 Å². The maximum atomic E-state index is 12.4. The molecule has 148 valence electrons. The molecule has 2 aliphatic rings. The lowest BCUT2D eigenvalue weighted by atomic mass is 9.90. The van der Waals surface area contributed by atoms with E-state index in [2.05, 4.69) is 12.2 Å². The molecule has 1 amide bonds. The van der Waals surface area contributed by atoms with Gasteiger partial charge in [-0.05, 0) is 61.4 Å². The van der Waals surface area contributed by atoms with Crippen LogP contribution in [0.3, 0.4) is 0 Å². The largest absolute Gasteiger partial charge is 0.454 e. The number of carbonyl (C=O) groups is 2. The second-order valence-corrected chi connectivity index (χ2v) is 8.50. The van der Waals surface area contributed by atoms with Gasteiger partial charge in [-0.25, -0.2) is 4.79 Å². The summed E-state index contributed by atoms with van der Waals surface area (Å²) in [5.74, 6) is 1.25. The third kappa shape index (κ3) is 3.99. The molecule has 1 aromatic carbocycles. The monoisotopic (exact) mass is 401 g/mol. The lowest BCUT2D eigenvalue weighted by Gasteiger charge is -2.16. The average molecular weight is 401 g/mol. The third-order valence-corrected chi connectivity index (χ3v) is 6.30. The molecule has 0 bridgehead atoms. The normalized spacial score (nSPS) is 18.3. The van der Waals surface area contributed by atoms with E-state index in [1.807, 2.05) is 24.3 Å².